The minimum Gasteiger partial charge on any atom is -0.354 e. The van der Waals surface area contributed by atoms with E-state index in [1.54, 1.807) is 0 Å². The Kier molecular flexibility index (Phi) is 3.17. The summed E-state index contributed by atoms with van der Waals surface area (Å²) >= 11 is 1.49. The van der Waals surface area contributed by atoms with Crippen molar-refractivity contribution in [2.75, 3.05) is 0 Å². The fourth-order valence-corrected chi connectivity index (χ4v) is 2.97. The second-order valence-electron chi connectivity index (χ2n) is 4.10. The maximum Gasteiger partial charge on any atom is 0.202 e. The molecular formula is C15H12O2S. The van der Waals surface area contributed by atoms with Gasteiger partial charge in [0, 0.05) is 10.5 Å². The quantitative estimate of drug-likeness (QED) is 0.769. The molecule has 18 heavy (non-hydrogen) atoms. The summed E-state index contributed by atoms with van der Waals surface area (Å²) in [6, 6.07) is 17.3. The average Bonchev–Trinajstić information content (AvgIpc) is 2.47. The Hall–Kier alpha value is -1.58. The number of Topliss-reactive ketones (excluding diaryl/α,β-unsaturated/α-hetero) is 1. The molecule has 0 saturated carbocycles. The fraction of sp³-hybridized carbons (Fsp3) is 0.133. The minimum atomic E-state index is -0.428. The van der Waals surface area contributed by atoms with Crippen molar-refractivity contribution >= 4 is 17.5 Å². The molecule has 0 N–H and O–H groups in total. The molecule has 0 saturated heterocycles. The summed E-state index contributed by atoms with van der Waals surface area (Å²) < 4.78 is 5.63. The van der Waals surface area contributed by atoms with Gasteiger partial charge in [0.05, 0.1) is 6.61 Å². The number of hydrogen-bond acceptors (Lipinski definition) is 3. The van der Waals surface area contributed by atoms with Gasteiger partial charge in [-0.05, 0) is 11.6 Å². The fourth-order valence-electron chi connectivity index (χ4n) is 1.92. The van der Waals surface area contributed by atoms with Gasteiger partial charge in [-0.25, -0.2) is 0 Å². The molecule has 0 radical (unpaired) electrons. The van der Waals surface area contributed by atoms with E-state index in [9.17, 15) is 4.79 Å². The number of thioether (sulfide) groups is 1. The van der Waals surface area contributed by atoms with E-state index >= 15 is 0 Å². The van der Waals surface area contributed by atoms with E-state index in [4.69, 9.17) is 4.74 Å². The molecule has 1 aliphatic heterocycles. The number of carbonyl (C=O) groups excluding carboxylic acids is 1. The number of hydrogen-bond donors (Lipinski definition) is 0. The largest absolute Gasteiger partial charge is 0.354 e. The molecule has 0 amide bonds. The van der Waals surface area contributed by atoms with Crippen molar-refractivity contribution in [2.24, 2.45) is 0 Å². The van der Waals surface area contributed by atoms with Crippen LogP contribution in [0.3, 0.4) is 0 Å². The van der Waals surface area contributed by atoms with E-state index in [0.717, 1.165) is 10.5 Å². The van der Waals surface area contributed by atoms with Crippen LogP contribution in [0.25, 0.3) is 0 Å². The van der Waals surface area contributed by atoms with Gasteiger partial charge in [-0.1, -0.05) is 60.3 Å². The lowest BCUT2D eigenvalue weighted by molar-refractivity contribution is 0.0610. The Morgan fingerprint density at radius 2 is 1.78 bits per heavy atom. The third kappa shape index (κ3) is 2.19. The summed E-state index contributed by atoms with van der Waals surface area (Å²) in [4.78, 5) is 13.4. The Morgan fingerprint density at radius 1 is 1.06 bits per heavy atom. The summed E-state index contributed by atoms with van der Waals surface area (Å²) in [5, 5.41) is 0. The van der Waals surface area contributed by atoms with Crippen LogP contribution in [0.5, 0.6) is 0 Å². The lowest BCUT2D eigenvalue weighted by Gasteiger charge is -2.23. The van der Waals surface area contributed by atoms with E-state index in [1.807, 2.05) is 54.6 Å². The maximum absolute atomic E-state index is 12.3. The predicted octanol–water partition coefficient (Wildman–Crippen LogP) is 3.52. The molecule has 0 aliphatic carbocycles. The zero-order chi connectivity index (χ0) is 12.4. The summed E-state index contributed by atoms with van der Waals surface area (Å²) in [5.74, 6) is 0.0371. The van der Waals surface area contributed by atoms with Crippen LogP contribution >= 0.6 is 11.8 Å². The first-order chi connectivity index (χ1) is 8.84. The van der Waals surface area contributed by atoms with Crippen LogP contribution in [0.15, 0.2) is 59.5 Å². The monoisotopic (exact) mass is 256 g/mol. The third-order valence-electron chi connectivity index (χ3n) is 2.87. The van der Waals surface area contributed by atoms with Gasteiger partial charge in [0.2, 0.25) is 5.78 Å². The molecule has 3 rings (SSSR count). The molecule has 0 spiro atoms. The third-order valence-corrected chi connectivity index (χ3v) is 4.09. The summed E-state index contributed by atoms with van der Waals surface area (Å²) in [5.41, 5.74) is 1.43. The Labute approximate surface area is 110 Å². The van der Waals surface area contributed by atoms with Crippen molar-refractivity contribution in [3.8, 4) is 0 Å². The van der Waals surface area contributed by atoms with Gasteiger partial charge in [0.1, 0.15) is 0 Å². The lowest BCUT2D eigenvalue weighted by atomic mass is 10.1. The SMILES string of the molecule is O=C(c1ccccc1)C1OCc2ccccc2S1. The molecule has 0 bridgehead atoms. The van der Waals surface area contributed by atoms with Crippen LogP contribution in [0, 0.1) is 0 Å². The number of ether oxygens (including phenoxy) is 1. The molecule has 1 aliphatic rings. The molecular weight excluding hydrogens is 244 g/mol. The number of carbonyl (C=O) groups is 1. The van der Waals surface area contributed by atoms with Crippen LogP contribution in [0.4, 0.5) is 0 Å². The standard InChI is InChI=1S/C15H12O2S/c16-14(11-6-2-1-3-7-11)15-17-10-12-8-4-5-9-13(12)18-15/h1-9,15H,10H2. The number of rotatable bonds is 2. The second kappa shape index (κ2) is 4.96. The molecule has 0 fully saturated rings. The van der Waals surface area contributed by atoms with Gasteiger partial charge in [-0.3, -0.25) is 4.79 Å². The molecule has 90 valence electrons. The van der Waals surface area contributed by atoms with E-state index in [2.05, 4.69) is 0 Å². The van der Waals surface area contributed by atoms with Gasteiger partial charge in [-0.15, -0.1) is 0 Å². The number of benzene rings is 2. The van der Waals surface area contributed by atoms with E-state index < -0.39 is 5.44 Å². The topological polar surface area (TPSA) is 26.3 Å². The molecule has 1 unspecified atom stereocenters. The maximum atomic E-state index is 12.3. The van der Waals surface area contributed by atoms with Crippen molar-refractivity contribution in [2.45, 2.75) is 16.9 Å². The van der Waals surface area contributed by atoms with Crippen molar-refractivity contribution in [1.29, 1.82) is 0 Å². The highest BCUT2D eigenvalue weighted by molar-refractivity contribution is 8.00. The van der Waals surface area contributed by atoms with Crippen molar-refractivity contribution in [1.82, 2.24) is 0 Å². The highest BCUT2D eigenvalue weighted by Gasteiger charge is 2.26. The van der Waals surface area contributed by atoms with E-state index in [-0.39, 0.29) is 5.78 Å². The molecule has 0 aromatic heterocycles. The summed E-state index contributed by atoms with van der Waals surface area (Å²) in [7, 11) is 0. The Balaban J connectivity index is 1.82. The number of fused-ring (bicyclic) bond motifs is 1. The highest BCUT2D eigenvalue weighted by Crippen LogP contribution is 2.34. The molecule has 2 aromatic rings. The van der Waals surface area contributed by atoms with Crippen molar-refractivity contribution in [3.63, 3.8) is 0 Å². The zero-order valence-electron chi connectivity index (χ0n) is 9.71. The highest BCUT2D eigenvalue weighted by atomic mass is 32.2. The van der Waals surface area contributed by atoms with Gasteiger partial charge >= 0.3 is 0 Å². The Bertz CT molecular complexity index is 566. The smallest absolute Gasteiger partial charge is 0.202 e. The molecule has 3 heteroatoms. The van der Waals surface area contributed by atoms with Gasteiger partial charge in [0.15, 0.2) is 5.44 Å². The average molecular weight is 256 g/mol. The summed E-state index contributed by atoms with van der Waals surface area (Å²) in [6.07, 6.45) is 0. The van der Waals surface area contributed by atoms with Crippen LogP contribution < -0.4 is 0 Å². The van der Waals surface area contributed by atoms with Gasteiger partial charge in [-0.2, -0.15) is 0 Å². The molecule has 2 aromatic carbocycles. The first-order valence-corrected chi connectivity index (χ1v) is 6.68. The van der Waals surface area contributed by atoms with E-state index in [1.165, 1.54) is 11.8 Å². The first kappa shape index (κ1) is 11.5. The van der Waals surface area contributed by atoms with Gasteiger partial charge < -0.3 is 4.74 Å². The Morgan fingerprint density at radius 3 is 2.61 bits per heavy atom. The van der Waals surface area contributed by atoms with Crippen molar-refractivity contribution in [3.05, 3.63) is 65.7 Å². The minimum absolute atomic E-state index is 0.0371. The molecule has 1 atom stereocenters. The first-order valence-electron chi connectivity index (χ1n) is 5.80. The molecule has 2 nitrogen and oxygen atoms in total. The van der Waals surface area contributed by atoms with Crippen LogP contribution in [-0.2, 0) is 11.3 Å². The van der Waals surface area contributed by atoms with Crippen LogP contribution in [0.1, 0.15) is 15.9 Å². The lowest BCUT2D eigenvalue weighted by Crippen LogP contribution is -2.24. The van der Waals surface area contributed by atoms with Crippen LogP contribution in [0.2, 0.25) is 0 Å². The van der Waals surface area contributed by atoms with Crippen molar-refractivity contribution < 1.29 is 9.53 Å². The van der Waals surface area contributed by atoms with Crippen LogP contribution in [-0.4, -0.2) is 11.2 Å². The predicted molar refractivity (Wildman–Crippen MR) is 71.6 cm³/mol. The molecule has 1 heterocycles. The second-order valence-corrected chi connectivity index (χ2v) is 5.20. The van der Waals surface area contributed by atoms with Gasteiger partial charge in [0.25, 0.3) is 0 Å². The normalized spacial score (nSPS) is 18.1. The number of ketones is 1. The van der Waals surface area contributed by atoms with E-state index in [0.29, 0.717) is 12.2 Å². The summed E-state index contributed by atoms with van der Waals surface area (Å²) in [6.45, 7) is 0.506. The zero-order valence-corrected chi connectivity index (χ0v) is 10.5.